The minimum atomic E-state index is -3.38. The molecular weight excluding hydrogens is 523 g/mol. The molecule has 6 nitrogen and oxygen atoms in total. The predicted molar refractivity (Wildman–Crippen MR) is 141 cm³/mol. The average molecular weight is 559 g/mol. The number of hydrogen-bond donors (Lipinski definition) is 3. The number of rotatable bonds is 9. The molecule has 0 saturated heterocycles. The van der Waals surface area contributed by atoms with Gasteiger partial charge in [-0.2, -0.15) is 0 Å². The van der Waals surface area contributed by atoms with Crippen LogP contribution in [0.5, 0.6) is 0 Å². The zero-order valence-corrected chi connectivity index (χ0v) is 22.2. The van der Waals surface area contributed by atoms with Crippen LogP contribution in [0.4, 0.5) is 0 Å². The summed E-state index contributed by atoms with van der Waals surface area (Å²) in [6.45, 7) is 9.11. The van der Waals surface area contributed by atoms with E-state index in [2.05, 4.69) is 52.4 Å². The Morgan fingerprint density at radius 1 is 1.00 bits per heavy atom. The summed E-state index contributed by atoms with van der Waals surface area (Å²) >= 11 is 0. The van der Waals surface area contributed by atoms with Gasteiger partial charge in [-0.1, -0.05) is 53.6 Å². The van der Waals surface area contributed by atoms with E-state index in [1.54, 1.807) is 7.05 Å². The van der Waals surface area contributed by atoms with Gasteiger partial charge in [0.25, 0.3) is 0 Å². The molecule has 0 heterocycles. The number of sulfonamides is 1. The maximum atomic E-state index is 12.3. The van der Waals surface area contributed by atoms with Crippen molar-refractivity contribution in [2.75, 3.05) is 13.6 Å². The van der Waals surface area contributed by atoms with E-state index >= 15 is 0 Å². The molecule has 0 aliphatic carbocycles. The smallest absolute Gasteiger partial charge is 0.216 e. The van der Waals surface area contributed by atoms with Crippen LogP contribution in [0, 0.1) is 13.8 Å². The largest absolute Gasteiger partial charge is 0.356 e. The Balaban J connectivity index is 0.00000480. The first-order valence-corrected chi connectivity index (χ1v) is 11.9. The lowest BCUT2D eigenvalue weighted by atomic mass is 10.1. The molecule has 2 aromatic carbocycles. The van der Waals surface area contributed by atoms with Crippen LogP contribution in [0.1, 0.15) is 41.7 Å². The van der Waals surface area contributed by atoms with E-state index in [1.807, 2.05) is 38.1 Å². The number of benzene rings is 2. The number of aliphatic imine (C=N–C) groups is 1. The van der Waals surface area contributed by atoms with E-state index in [9.17, 15) is 8.42 Å². The Morgan fingerprint density at radius 2 is 1.61 bits per heavy atom. The minimum absolute atomic E-state index is 0. The van der Waals surface area contributed by atoms with E-state index in [0.717, 1.165) is 24.1 Å². The molecule has 31 heavy (non-hydrogen) atoms. The Bertz CT molecular complexity index is 955. The molecule has 0 radical (unpaired) electrons. The topological polar surface area (TPSA) is 82.6 Å². The molecule has 2 rings (SSSR count). The normalized spacial score (nSPS) is 11.9. The van der Waals surface area contributed by atoms with Gasteiger partial charge >= 0.3 is 0 Å². The van der Waals surface area contributed by atoms with Gasteiger partial charge in [-0.25, -0.2) is 13.1 Å². The first-order chi connectivity index (χ1) is 14.2. The maximum absolute atomic E-state index is 12.3. The molecule has 0 saturated carbocycles. The van der Waals surface area contributed by atoms with E-state index in [4.69, 9.17) is 0 Å². The van der Waals surface area contributed by atoms with Gasteiger partial charge in [-0.15, -0.1) is 24.0 Å². The third-order valence-corrected chi connectivity index (χ3v) is 6.06. The zero-order chi connectivity index (χ0) is 22.1. The monoisotopic (exact) mass is 558 g/mol. The van der Waals surface area contributed by atoms with Gasteiger partial charge in [0.15, 0.2) is 5.96 Å². The van der Waals surface area contributed by atoms with Gasteiger partial charge < -0.3 is 10.6 Å². The molecule has 0 spiro atoms. The van der Waals surface area contributed by atoms with Crippen LogP contribution in [0.15, 0.2) is 47.5 Å². The lowest BCUT2D eigenvalue weighted by Crippen LogP contribution is -2.38. The van der Waals surface area contributed by atoms with E-state index in [1.165, 1.54) is 16.7 Å². The molecule has 0 unspecified atom stereocenters. The molecule has 0 bridgehead atoms. The number of guanidine groups is 1. The third-order valence-electron chi connectivity index (χ3n) is 4.54. The van der Waals surface area contributed by atoms with Crippen LogP contribution in [0.25, 0.3) is 0 Å². The van der Waals surface area contributed by atoms with Gasteiger partial charge in [0.1, 0.15) is 0 Å². The molecule has 0 aliphatic heterocycles. The first-order valence-electron chi connectivity index (χ1n) is 10.3. The highest BCUT2D eigenvalue weighted by molar-refractivity contribution is 14.0. The summed E-state index contributed by atoms with van der Waals surface area (Å²) in [7, 11) is -1.64. The Hall–Kier alpha value is -1.65. The highest BCUT2D eigenvalue weighted by Gasteiger charge is 2.15. The molecule has 0 amide bonds. The van der Waals surface area contributed by atoms with Gasteiger partial charge in [-0.3, -0.25) is 4.99 Å². The van der Waals surface area contributed by atoms with E-state index < -0.39 is 10.0 Å². The van der Waals surface area contributed by atoms with Crippen LogP contribution in [0.2, 0.25) is 0 Å². The maximum Gasteiger partial charge on any atom is 0.216 e. The quantitative estimate of drug-likeness (QED) is 0.249. The van der Waals surface area contributed by atoms with E-state index in [-0.39, 0.29) is 35.8 Å². The van der Waals surface area contributed by atoms with Gasteiger partial charge in [0, 0.05) is 26.2 Å². The van der Waals surface area contributed by atoms with Crippen molar-refractivity contribution in [2.24, 2.45) is 4.99 Å². The zero-order valence-electron chi connectivity index (χ0n) is 19.0. The second-order valence-electron chi connectivity index (χ2n) is 7.90. The molecule has 3 N–H and O–H groups in total. The summed E-state index contributed by atoms with van der Waals surface area (Å²) in [4.78, 5) is 4.28. The standard InChI is InChI=1S/C23H34N4O2S.HI/c1-17(2)27-30(28,29)16-22-9-7-6-8-21(22)15-26-23(24-5)25-11-10-20-13-18(3)12-19(4)14-20;/h6-9,12-14,17,27H,10-11,15-16H2,1-5H3,(H2,24,25,26);1H. The van der Waals surface area contributed by atoms with Crippen molar-refractivity contribution in [1.82, 2.24) is 15.4 Å². The van der Waals surface area contributed by atoms with Crippen LogP contribution in [-0.4, -0.2) is 34.0 Å². The van der Waals surface area contributed by atoms with Crippen molar-refractivity contribution in [3.05, 3.63) is 70.3 Å². The second-order valence-corrected chi connectivity index (χ2v) is 9.65. The third kappa shape index (κ3) is 10.0. The highest BCUT2D eigenvalue weighted by atomic mass is 127. The molecule has 0 aromatic heterocycles. The van der Waals surface area contributed by atoms with Crippen molar-refractivity contribution in [2.45, 2.75) is 52.5 Å². The predicted octanol–water partition coefficient (Wildman–Crippen LogP) is 3.66. The SMILES string of the molecule is CN=C(NCCc1cc(C)cc(C)c1)NCc1ccccc1CS(=O)(=O)NC(C)C.I. The fourth-order valence-electron chi connectivity index (χ4n) is 3.41. The molecule has 8 heteroatoms. The minimum Gasteiger partial charge on any atom is -0.356 e. The molecule has 0 fully saturated rings. The number of aryl methyl sites for hydroxylation is 2. The van der Waals surface area contributed by atoms with Crippen molar-refractivity contribution >= 4 is 40.0 Å². The Labute approximate surface area is 204 Å². The number of halogens is 1. The van der Waals surface area contributed by atoms with Crippen LogP contribution >= 0.6 is 24.0 Å². The lowest BCUT2D eigenvalue weighted by molar-refractivity contribution is 0.568. The highest BCUT2D eigenvalue weighted by Crippen LogP contribution is 2.13. The average Bonchev–Trinajstić information content (AvgIpc) is 2.63. The summed E-state index contributed by atoms with van der Waals surface area (Å²) in [6.07, 6.45) is 0.902. The van der Waals surface area contributed by atoms with Crippen LogP contribution < -0.4 is 15.4 Å². The van der Waals surface area contributed by atoms with Gasteiger partial charge in [-0.05, 0) is 50.8 Å². The summed E-state index contributed by atoms with van der Waals surface area (Å²) in [5.41, 5.74) is 5.55. The Kier molecular flexibility index (Phi) is 11.5. The molecular formula is C23H35IN4O2S. The first kappa shape index (κ1) is 27.4. The molecule has 0 atom stereocenters. The molecule has 172 valence electrons. The fourth-order valence-corrected chi connectivity index (χ4v) is 4.91. The van der Waals surface area contributed by atoms with Gasteiger partial charge in [0.2, 0.25) is 10.0 Å². The second kappa shape index (κ2) is 13.0. The number of hydrogen-bond acceptors (Lipinski definition) is 3. The van der Waals surface area contributed by atoms with Crippen LogP contribution in [0.3, 0.4) is 0 Å². The van der Waals surface area contributed by atoms with E-state index in [0.29, 0.717) is 12.5 Å². The van der Waals surface area contributed by atoms with Crippen molar-refractivity contribution in [1.29, 1.82) is 0 Å². The Morgan fingerprint density at radius 3 is 2.19 bits per heavy atom. The number of nitrogens with zero attached hydrogens (tertiary/aromatic N) is 1. The van der Waals surface area contributed by atoms with Crippen LogP contribution in [-0.2, 0) is 28.7 Å². The number of nitrogens with one attached hydrogen (secondary N) is 3. The summed E-state index contributed by atoms with van der Waals surface area (Å²) in [5, 5.41) is 6.61. The summed E-state index contributed by atoms with van der Waals surface area (Å²) < 4.78 is 27.3. The summed E-state index contributed by atoms with van der Waals surface area (Å²) in [6, 6.07) is 14.0. The molecule has 2 aromatic rings. The van der Waals surface area contributed by atoms with Crippen molar-refractivity contribution < 1.29 is 8.42 Å². The fraction of sp³-hybridized carbons (Fsp3) is 0.435. The van der Waals surface area contributed by atoms with Crippen molar-refractivity contribution in [3.63, 3.8) is 0 Å². The summed E-state index contributed by atoms with van der Waals surface area (Å²) in [5.74, 6) is 0.652. The van der Waals surface area contributed by atoms with Crippen molar-refractivity contribution in [3.8, 4) is 0 Å². The lowest BCUT2D eigenvalue weighted by Gasteiger charge is -2.15. The van der Waals surface area contributed by atoms with Gasteiger partial charge in [0.05, 0.1) is 5.75 Å². The molecule has 0 aliphatic rings.